The van der Waals surface area contributed by atoms with Gasteiger partial charge in [-0.2, -0.15) is 4.31 Å². The maximum absolute atomic E-state index is 13.0. The van der Waals surface area contributed by atoms with Crippen LogP contribution in [0.5, 0.6) is 0 Å². The van der Waals surface area contributed by atoms with Crippen LogP contribution in [0, 0.1) is 0 Å². The first-order chi connectivity index (χ1) is 15.0. The van der Waals surface area contributed by atoms with E-state index in [-0.39, 0.29) is 17.3 Å². The van der Waals surface area contributed by atoms with Crippen molar-refractivity contribution < 1.29 is 13.2 Å². The molecule has 1 aliphatic rings. The predicted molar refractivity (Wildman–Crippen MR) is 132 cm³/mol. The smallest absolute Gasteiger partial charge is 0.243 e. The van der Waals surface area contributed by atoms with Gasteiger partial charge in [-0.1, -0.05) is 43.2 Å². The second kappa shape index (κ2) is 10.8. The molecule has 4 rings (SSSR count). The van der Waals surface area contributed by atoms with E-state index in [0.29, 0.717) is 36.8 Å². The van der Waals surface area contributed by atoms with Gasteiger partial charge in [0.05, 0.1) is 29.1 Å². The molecule has 1 aliphatic heterocycles. The van der Waals surface area contributed by atoms with Gasteiger partial charge in [0.15, 0.2) is 0 Å². The molecule has 0 spiro atoms. The fourth-order valence-corrected chi connectivity index (χ4v) is 5.20. The van der Waals surface area contributed by atoms with Crippen LogP contribution >= 0.6 is 24.0 Å². The van der Waals surface area contributed by atoms with Gasteiger partial charge >= 0.3 is 0 Å². The number of hydrogen-bond donors (Lipinski definition) is 0. The molecular weight excluding hydrogens is 469 g/mol. The third-order valence-corrected chi connectivity index (χ3v) is 7.53. The zero-order chi connectivity index (χ0) is 21.8. The fourth-order valence-electron chi connectivity index (χ4n) is 3.65. The van der Waals surface area contributed by atoms with Crippen molar-refractivity contribution in [2.24, 2.45) is 0 Å². The average molecular weight is 496 g/mol. The average Bonchev–Trinajstić information content (AvgIpc) is 3.14. The van der Waals surface area contributed by atoms with E-state index in [1.165, 1.54) is 4.31 Å². The first-order valence-corrected chi connectivity index (χ1v) is 12.3. The molecule has 0 radical (unpaired) electrons. The zero-order valence-electron chi connectivity index (χ0n) is 17.9. The van der Waals surface area contributed by atoms with Crippen molar-refractivity contribution in [3.05, 3.63) is 58.9 Å². The second-order valence-corrected chi connectivity index (χ2v) is 9.90. The quantitative estimate of drug-likeness (QED) is 0.457. The number of halogens is 2. The summed E-state index contributed by atoms with van der Waals surface area (Å²) in [5.41, 5.74) is 2.64. The summed E-state index contributed by atoms with van der Waals surface area (Å²) < 4.78 is 35.0. The van der Waals surface area contributed by atoms with Gasteiger partial charge in [0.2, 0.25) is 10.0 Å². The molecular formula is C23H27Cl2N3O3S. The summed E-state index contributed by atoms with van der Waals surface area (Å²) in [6, 6.07) is 12.8. The van der Waals surface area contributed by atoms with E-state index in [1.807, 2.05) is 42.5 Å². The number of sulfonamides is 1. The number of ether oxygens (including phenoxy) is 1. The summed E-state index contributed by atoms with van der Waals surface area (Å²) in [6.07, 6.45) is 6.03. The first kappa shape index (κ1) is 24.7. The van der Waals surface area contributed by atoms with Crippen LogP contribution in [-0.4, -0.2) is 48.6 Å². The lowest BCUT2D eigenvalue weighted by atomic mass is 10.2. The van der Waals surface area contributed by atoms with E-state index in [4.69, 9.17) is 21.3 Å². The van der Waals surface area contributed by atoms with Gasteiger partial charge in [-0.3, -0.25) is 0 Å². The van der Waals surface area contributed by atoms with E-state index in [0.717, 1.165) is 36.3 Å². The van der Waals surface area contributed by atoms with Crippen LogP contribution < -0.4 is 0 Å². The number of benzene rings is 2. The highest BCUT2D eigenvalue weighted by atomic mass is 35.5. The lowest BCUT2D eigenvalue weighted by Gasteiger charge is -2.26. The molecule has 1 aromatic heterocycles. The zero-order valence-corrected chi connectivity index (χ0v) is 20.3. The summed E-state index contributed by atoms with van der Waals surface area (Å²) in [6.45, 7) is 4.57. The maximum Gasteiger partial charge on any atom is 0.243 e. The SMILES string of the molecule is CCCCn1c(/C=C/c2ccc(Cl)cc2)nc2cc(S(=O)(=O)N3CCOCC3)ccc21.Cl. The molecule has 0 atom stereocenters. The van der Waals surface area contributed by atoms with Crippen molar-refractivity contribution >= 4 is 57.2 Å². The lowest BCUT2D eigenvalue weighted by Crippen LogP contribution is -2.40. The molecule has 0 unspecified atom stereocenters. The number of morpholine rings is 1. The molecule has 1 fully saturated rings. The van der Waals surface area contributed by atoms with E-state index in [9.17, 15) is 8.42 Å². The summed E-state index contributed by atoms with van der Waals surface area (Å²) in [7, 11) is -3.56. The number of nitrogens with zero attached hydrogens (tertiary/aromatic N) is 3. The van der Waals surface area contributed by atoms with Gasteiger partial charge in [0.25, 0.3) is 0 Å². The van der Waals surface area contributed by atoms with Crippen LogP contribution in [0.3, 0.4) is 0 Å². The summed E-state index contributed by atoms with van der Waals surface area (Å²) in [5, 5.41) is 0.696. The number of aryl methyl sites for hydroxylation is 1. The summed E-state index contributed by atoms with van der Waals surface area (Å²) in [5.74, 6) is 0.805. The highest BCUT2D eigenvalue weighted by molar-refractivity contribution is 7.89. The van der Waals surface area contributed by atoms with Gasteiger partial charge < -0.3 is 9.30 Å². The summed E-state index contributed by atoms with van der Waals surface area (Å²) >= 11 is 5.97. The first-order valence-electron chi connectivity index (χ1n) is 10.5. The van der Waals surface area contributed by atoms with Gasteiger partial charge in [0, 0.05) is 24.7 Å². The molecule has 0 aliphatic carbocycles. The lowest BCUT2D eigenvalue weighted by molar-refractivity contribution is 0.0730. The van der Waals surface area contributed by atoms with E-state index < -0.39 is 10.0 Å². The van der Waals surface area contributed by atoms with Crippen molar-refractivity contribution in [2.75, 3.05) is 26.3 Å². The predicted octanol–water partition coefficient (Wildman–Crippen LogP) is 5.10. The second-order valence-electron chi connectivity index (χ2n) is 7.53. The maximum atomic E-state index is 13.0. The van der Waals surface area contributed by atoms with Crippen LogP contribution in [0.1, 0.15) is 31.2 Å². The van der Waals surface area contributed by atoms with Crippen LogP contribution in [0.25, 0.3) is 23.2 Å². The molecule has 172 valence electrons. The van der Waals surface area contributed by atoms with Crippen molar-refractivity contribution in [1.82, 2.24) is 13.9 Å². The van der Waals surface area contributed by atoms with Crippen LogP contribution in [0.2, 0.25) is 5.02 Å². The minimum absolute atomic E-state index is 0. The monoisotopic (exact) mass is 495 g/mol. The number of rotatable bonds is 7. The molecule has 0 saturated carbocycles. The van der Waals surface area contributed by atoms with Crippen molar-refractivity contribution in [3.8, 4) is 0 Å². The molecule has 0 bridgehead atoms. The topological polar surface area (TPSA) is 64.4 Å². The molecule has 2 heterocycles. The summed E-state index contributed by atoms with van der Waals surface area (Å²) in [4.78, 5) is 5.03. The standard InChI is InChI=1S/C23H26ClN3O3S.ClH/c1-2-3-12-27-22-10-9-20(31(28,29)26-13-15-30-16-14-26)17-21(22)25-23(27)11-6-18-4-7-19(24)8-5-18;/h4-11,17H,2-3,12-16H2,1H3;1H/b11-6+;. The van der Waals surface area contributed by atoms with Crippen molar-refractivity contribution in [3.63, 3.8) is 0 Å². The van der Waals surface area contributed by atoms with Gasteiger partial charge in [0.1, 0.15) is 5.82 Å². The van der Waals surface area contributed by atoms with Crippen LogP contribution in [-0.2, 0) is 21.3 Å². The Morgan fingerprint density at radius 2 is 1.81 bits per heavy atom. The van der Waals surface area contributed by atoms with E-state index >= 15 is 0 Å². The molecule has 9 heteroatoms. The Kier molecular flexibility index (Phi) is 8.36. The minimum atomic E-state index is -3.56. The van der Waals surface area contributed by atoms with E-state index in [1.54, 1.807) is 12.1 Å². The highest BCUT2D eigenvalue weighted by Crippen LogP contribution is 2.25. The molecule has 0 N–H and O–H groups in total. The Morgan fingerprint density at radius 1 is 1.09 bits per heavy atom. The van der Waals surface area contributed by atoms with Gasteiger partial charge in [-0.25, -0.2) is 13.4 Å². The molecule has 6 nitrogen and oxygen atoms in total. The number of unbranched alkanes of at least 4 members (excludes halogenated alkanes) is 1. The Balaban J connectivity index is 0.00000289. The number of fused-ring (bicyclic) bond motifs is 1. The fraction of sp³-hybridized carbons (Fsp3) is 0.348. The minimum Gasteiger partial charge on any atom is -0.379 e. The van der Waals surface area contributed by atoms with Gasteiger partial charge in [-0.05, 0) is 48.4 Å². The van der Waals surface area contributed by atoms with Gasteiger partial charge in [-0.15, -0.1) is 12.4 Å². The van der Waals surface area contributed by atoms with Crippen LogP contribution in [0.15, 0.2) is 47.4 Å². The normalized spacial score (nSPS) is 15.3. The molecule has 32 heavy (non-hydrogen) atoms. The third kappa shape index (κ3) is 5.35. The van der Waals surface area contributed by atoms with Crippen molar-refractivity contribution in [2.45, 2.75) is 31.2 Å². The molecule has 0 amide bonds. The Bertz CT molecular complexity index is 1190. The largest absolute Gasteiger partial charge is 0.379 e. The highest BCUT2D eigenvalue weighted by Gasteiger charge is 2.27. The third-order valence-electron chi connectivity index (χ3n) is 5.39. The number of aromatic nitrogens is 2. The Hall–Kier alpha value is -1.90. The molecule has 3 aromatic rings. The van der Waals surface area contributed by atoms with Crippen molar-refractivity contribution in [1.29, 1.82) is 0 Å². The van der Waals surface area contributed by atoms with Crippen LogP contribution in [0.4, 0.5) is 0 Å². The Labute approximate surface area is 200 Å². The Morgan fingerprint density at radius 3 is 2.50 bits per heavy atom. The number of imidazole rings is 1. The van der Waals surface area contributed by atoms with E-state index in [2.05, 4.69) is 11.5 Å². The number of hydrogen-bond acceptors (Lipinski definition) is 4. The molecule has 2 aromatic carbocycles. The molecule has 1 saturated heterocycles.